The molecule has 2 N–H and O–H groups in total. The van der Waals surface area contributed by atoms with Gasteiger partial charge in [-0.15, -0.1) is 6.42 Å². The van der Waals surface area contributed by atoms with Gasteiger partial charge in [-0.25, -0.2) is 4.98 Å². The van der Waals surface area contributed by atoms with Gasteiger partial charge in [0, 0.05) is 55.1 Å². The Balaban J connectivity index is 0.00000187. The Labute approximate surface area is 195 Å². The predicted octanol–water partition coefficient (Wildman–Crippen LogP) is 3.18. The summed E-state index contributed by atoms with van der Waals surface area (Å²) < 4.78 is 1.99. The van der Waals surface area contributed by atoms with Crippen LogP contribution in [-0.4, -0.2) is 45.3 Å². The maximum absolute atomic E-state index is 12.8. The van der Waals surface area contributed by atoms with Crippen LogP contribution in [0.4, 0.5) is 5.69 Å². The maximum Gasteiger partial charge on any atom is 0.254 e. The Hall–Kier alpha value is -3.60. The lowest BCUT2D eigenvalue weighted by atomic mass is 10.1. The minimum atomic E-state index is -0.334. The lowest BCUT2D eigenvalue weighted by Gasteiger charge is -2.24. The van der Waals surface area contributed by atoms with Crippen LogP contribution in [0.1, 0.15) is 68.1 Å². The Morgan fingerprint density at radius 1 is 1.33 bits per heavy atom. The summed E-state index contributed by atoms with van der Waals surface area (Å²) in [6, 6.07) is 5.62. The molecule has 0 saturated heterocycles. The van der Waals surface area contributed by atoms with Crippen LogP contribution < -0.4 is 10.6 Å². The SMILES string of the molecule is C#Cc1cn(CCCCNc2cccc3c2CN(C(C)CCC(=O)NC=O)C3=O)cn1.CC. The van der Waals surface area contributed by atoms with Crippen molar-refractivity contribution in [2.45, 2.75) is 65.6 Å². The summed E-state index contributed by atoms with van der Waals surface area (Å²) in [6.45, 7) is 8.08. The van der Waals surface area contributed by atoms with E-state index >= 15 is 0 Å². The lowest BCUT2D eigenvalue weighted by molar-refractivity contribution is -0.125. The third-order valence-corrected chi connectivity index (χ3v) is 5.48. The number of hydrogen-bond donors (Lipinski definition) is 2. The van der Waals surface area contributed by atoms with E-state index in [9.17, 15) is 14.4 Å². The van der Waals surface area contributed by atoms with E-state index in [1.807, 2.05) is 49.7 Å². The Bertz CT molecular complexity index is 992. The van der Waals surface area contributed by atoms with Gasteiger partial charge < -0.3 is 14.8 Å². The molecule has 1 atom stereocenters. The van der Waals surface area contributed by atoms with Crippen molar-refractivity contribution in [3.05, 3.63) is 47.5 Å². The Morgan fingerprint density at radius 3 is 2.82 bits per heavy atom. The minimum absolute atomic E-state index is 0.0219. The highest BCUT2D eigenvalue weighted by Gasteiger charge is 2.32. The monoisotopic (exact) mass is 451 g/mol. The molecule has 3 rings (SSSR count). The molecule has 0 aliphatic carbocycles. The zero-order valence-electron chi connectivity index (χ0n) is 19.6. The standard InChI is InChI=1S/C23H27N5O3.C2H6/c1-3-18-13-27(15-25-18)12-5-4-11-24-21-8-6-7-19-20(21)14-28(23(19)31)17(2)9-10-22(30)26-16-29;1-2/h1,6-8,13,15-17,24H,4-5,9-12,14H2,2H3,(H,26,29,30);1-2H3. The van der Waals surface area contributed by atoms with Crippen LogP contribution >= 0.6 is 0 Å². The van der Waals surface area contributed by atoms with Gasteiger partial charge in [0.05, 0.1) is 6.33 Å². The van der Waals surface area contributed by atoms with Gasteiger partial charge in [-0.1, -0.05) is 19.9 Å². The first-order valence-electron chi connectivity index (χ1n) is 11.4. The van der Waals surface area contributed by atoms with Crippen LogP contribution in [0.25, 0.3) is 0 Å². The van der Waals surface area contributed by atoms with Gasteiger partial charge in [0.15, 0.2) is 0 Å². The molecular weight excluding hydrogens is 418 g/mol. The highest BCUT2D eigenvalue weighted by atomic mass is 16.2. The van der Waals surface area contributed by atoms with E-state index in [1.54, 1.807) is 11.2 Å². The number of terminal acetylenes is 1. The van der Waals surface area contributed by atoms with Crippen molar-refractivity contribution < 1.29 is 14.4 Å². The molecule has 8 heteroatoms. The van der Waals surface area contributed by atoms with E-state index in [0.717, 1.165) is 37.2 Å². The molecule has 8 nitrogen and oxygen atoms in total. The molecule has 0 bridgehead atoms. The Kier molecular flexibility index (Phi) is 10.2. The number of fused-ring (bicyclic) bond motifs is 1. The minimum Gasteiger partial charge on any atom is -0.385 e. The molecule has 1 aliphatic rings. The molecule has 2 heterocycles. The topological polar surface area (TPSA) is 96.3 Å². The fourth-order valence-corrected chi connectivity index (χ4v) is 3.71. The first-order chi connectivity index (χ1) is 16.0. The number of carbonyl (C=O) groups is 3. The largest absolute Gasteiger partial charge is 0.385 e. The average molecular weight is 452 g/mol. The number of imide groups is 1. The summed E-state index contributed by atoms with van der Waals surface area (Å²) in [5.41, 5.74) is 3.31. The number of rotatable bonds is 11. The predicted molar refractivity (Wildman–Crippen MR) is 128 cm³/mol. The third kappa shape index (κ3) is 6.94. The number of anilines is 1. The quantitative estimate of drug-likeness (QED) is 0.311. The summed E-state index contributed by atoms with van der Waals surface area (Å²) in [7, 11) is 0. The molecule has 1 aliphatic heterocycles. The summed E-state index contributed by atoms with van der Waals surface area (Å²) in [5, 5.41) is 5.59. The molecule has 0 spiro atoms. The van der Waals surface area contributed by atoms with Crippen molar-refractivity contribution in [1.29, 1.82) is 0 Å². The van der Waals surface area contributed by atoms with Crippen molar-refractivity contribution in [3.63, 3.8) is 0 Å². The van der Waals surface area contributed by atoms with Crippen molar-refractivity contribution in [3.8, 4) is 12.3 Å². The first kappa shape index (κ1) is 25.7. The highest BCUT2D eigenvalue weighted by Crippen LogP contribution is 2.31. The number of unbranched alkanes of at least 4 members (excludes halogenated alkanes) is 1. The summed E-state index contributed by atoms with van der Waals surface area (Å²) in [4.78, 5) is 40.6. The first-order valence-corrected chi connectivity index (χ1v) is 11.4. The zero-order chi connectivity index (χ0) is 24.2. The normalized spacial score (nSPS) is 12.8. The molecule has 1 aromatic carbocycles. The number of aromatic nitrogens is 2. The summed E-state index contributed by atoms with van der Waals surface area (Å²) >= 11 is 0. The van der Waals surface area contributed by atoms with Gasteiger partial charge in [0.1, 0.15) is 5.69 Å². The average Bonchev–Trinajstić information content (AvgIpc) is 3.43. The molecule has 176 valence electrons. The van der Waals surface area contributed by atoms with Gasteiger partial charge in [-0.2, -0.15) is 0 Å². The van der Waals surface area contributed by atoms with E-state index in [-0.39, 0.29) is 24.3 Å². The number of aryl methyl sites for hydroxylation is 1. The number of hydrogen-bond acceptors (Lipinski definition) is 5. The van der Waals surface area contributed by atoms with Crippen molar-refractivity contribution in [2.24, 2.45) is 0 Å². The molecule has 0 radical (unpaired) electrons. The third-order valence-electron chi connectivity index (χ3n) is 5.48. The van der Waals surface area contributed by atoms with Crippen molar-refractivity contribution >= 4 is 23.9 Å². The maximum atomic E-state index is 12.8. The second kappa shape index (κ2) is 13.1. The van der Waals surface area contributed by atoms with Gasteiger partial charge in [-0.05, 0) is 44.2 Å². The number of benzene rings is 1. The molecule has 0 fully saturated rings. The number of imidazole rings is 1. The fourth-order valence-electron chi connectivity index (χ4n) is 3.71. The van der Waals surface area contributed by atoms with Crippen molar-refractivity contribution in [2.75, 3.05) is 11.9 Å². The van der Waals surface area contributed by atoms with Crippen LogP contribution in [0.5, 0.6) is 0 Å². The molecule has 2 aromatic rings. The molecule has 0 saturated carbocycles. The Morgan fingerprint density at radius 2 is 2.12 bits per heavy atom. The van der Waals surface area contributed by atoms with E-state index < -0.39 is 0 Å². The van der Waals surface area contributed by atoms with E-state index in [0.29, 0.717) is 30.6 Å². The van der Waals surface area contributed by atoms with E-state index in [1.165, 1.54) is 0 Å². The van der Waals surface area contributed by atoms with E-state index in [4.69, 9.17) is 6.42 Å². The van der Waals surface area contributed by atoms with Gasteiger partial charge >= 0.3 is 0 Å². The molecular formula is C25H33N5O3. The van der Waals surface area contributed by atoms with Crippen LogP contribution in [0, 0.1) is 12.3 Å². The summed E-state index contributed by atoms with van der Waals surface area (Å²) in [6.07, 6.45) is 12.0. The highest BCUT2D eigenvalue weighted by molar-refractivity contribution is 6.00. The van der Waals surface area contributed by atoms with Crippen LogP contribution in [-0.2, 0) is 22.7 Å². The number of carbonyl (C=O) groups excluding carboxylic acids is 3. The van der Waals surface area contributed by atoms with Gasteiger partial charge in [0.25, 0.3) is 5.91 Å². The number of amides is 3. The second-order valence-electron chi connectivity index (χ2n) is 7.61. The zero-order valence-corrected chi connectivity index (χ0v) is 19.6. The second-order valence-corrected chi connectivity index (χ2v) is 7.61. The molecule has 33 heavy (non-hydrogen) atoms. The molecule has 3 amide bonds. The lowest BCUT2D eigenvalue weighted by Crippen LogP contribution is -2.34. The van der Waals surface area contributed by atoms with E-state index in [2.05, 4.69) is 21.5 Å². The number of nitrogens with zero attached hydrogens (tertiary/aromatic N) is 3. The smallest absolute Gasteiger partial charge is 0.254 e. The van der Waals surface area contributed by atoms with Crippen LogP contribution in [0.15, 0.2) is 30.7 Å². The fraction of sp³-hybridized carbons (Fsp3) is 0.440. The van der Waals surface area contributed by atoms with Crippen LogP contribution in [0.2, 0.25) is 0 Å². The molecule has 1 unspecified atom stereocenters. The van der Waals surface area contributed by atoms with Gasteiger partial charge in [0.2, 0.25) is 12.3 Å². The molecule has 1 aromatic heterocycles. The number of nitrogens with one attached hydrogen (secondary N) is 2. The van der Waals surface area contributed by atoms with Gasteiger partial charge in [-0.3, -0.25) is 19.7 Å². The summed E-state index contributed by atoms with van der Waals surface area (Å²) in [5.74, 6) is 2.16. The van der Waals surface area contributed by atoms with Crippen LogP contribution in [0.3, 0.4) is 0 Å². The van der Waals surface area contributed by atoms with Crippen molar-refractivity contribution in [1.82, 2.24) is 19.8 Å².